The SMILES string of the molecule is CC(C)C(NC(=O)CCc1cccc(OC2CCCC2)c1)c1nc(-c2ccncc2)no1. The van der Waals surface area contributed by atoms with Crippen molar-refractivity contribution in [3.05, 3.63) is 60.2 Å². The van der Waals surface area contributed by atoms with Crippen molar-refractivity contribution in [2.45, 2.75) is 64.5 Å². The smallest absolute Gasteiger partial charge is 0.249 e. The molecule has 7 nitrogen and oxygen atoms in total. The summed E-state index contributed by atoms with van der Waals surface area (Å²) in [5, 5.41) is 7.13. The number of carbonyl (C=O) groups excluding carboxylic acids is 1. The molecule has 0 aliphatic heterocycles. The first-order valence-electron chi connectivity index (χ1n) is 11.4. The van der Waals surface area contributed by atoms with Crippen LogP contribution in [0.15, 0.2) is 53.3 Å². The van der Waals surface area contributed by atoms with Crippen LogP contribution in [-0.4, -0.2) is 27.1 Å². The first kappa shape index (κ1) is 22.0. The maximum absolute atomic E-state index is 12.7. The molecule has 0 saturated heterocycles. The van der Waals surface area contributed by atoms with Crippen LogP contribution >= 0.6 is 0 Å². The van der Waals surface area contributed by atoms with Crippen molar-refractivity contribution < 1.29 is 14.1 Å². The number of aryl methyl sites for hydroxylation is 1. The zero-order valence-electron chi connectivity index (χ0n) is 18.7. The molecular formula is C25H30N4O3. The second-order valence-electron chi connectivity index (χ2n) is 8.65. The van der Waals surface area contributed by atoms with Gasteiger partial charge in [0, 0.05) is 24.4 Å². The standard InChI is InChI=1S/C25H30N4O3/c1-17(2)23(25-28-24(29-32-25)19-12-14-26-15-13-19)27-22(30)11-10-18-6-5-9-21(16-18)31-20-7-3-4-8-20/h5-6,9,12-17,20,23H,3-4,7-8,10-11H2,1-2H3,(H,27,30). The molecule has 168 valence electrons. The summed E-state index contributed by atoms with van der Waals surface area (Å²) in [5.41, 5.74) is 1.91. The van der Waals surface area contributed by atoms with Crippen molar-refractivity contribution in [3.8, 4) is 17.1 Å². The van der Waals surface area contributed by atoms with E-state index in [1.165, 1.54) is 12.8 Å². The molecule has 0 bridgehead atoms. The second-order valence-corrected chi connectivity index (χ2v) is 8.65. The Morgan fingerprint density at radius 2 is 1.97 bits per heavy atom. The minimum atomic E-state index is -0.345. The number of amides is 1. The number of pyridine rings is 1. The van der Waals surface area contributed by atoms with Gasteiger partial charge in [0.1, 0.15) is 11.8 Å². The van der Waals surface area contributed by atoms with E-state index in [2.05, 4.69) is 20.4 Å². The summed E-state index contributed by atoms with van der Waals surface area (Å²) in [5.74, 6) is 1.85. The molecule has 2 heterocycles. The van der Waals surface area contributed by atoms with Crippen LogP contribution in [0.3, 0.4) is 0 Å². The van der Waals surface area contributed by atoms with E-state index in [0.717, 1.165) is 29.7 Å². The summed E-state index contributed by atoms with van der Waals surface area (Å²) in [6.45, 7) is 4.04. The maximum Gasteiger partial charge on any atom is 0.249 e. The van der Waals surface area contributed by atoms with Crippen LogP contribution in [0, 0.1) is 5.92 Å². The van der Waals surface area contributed by atoms with E-state index >= 15 is 0 Å². The molecule has 2 aromatic heterocycles. The normalized spacial score (nSPS) is 15.1. The van der Waals surface area contributed by atoms with Gasteiger partial charge in [0.05, 0.1) is 6.10 Å². The van der Waals surface area contributed by atoms with Crippen molar-refractivity contribution in [3.63, 3.8) is 0 Å². The number of nitrogens with one attached hydrogen (secondary N) is 1. The van der Waals surface area contributed by atoms with Crippen LogP contribution in [0.1, 0.15) is 63.4 Å². The first-order valence-corrected chi connectivity index (χ1v) is 11.4. The van der Waals surface area contributed by atoms with Crippen molar-refractivity contribution in [1.82, 2.24) is 20.4 Å². The molecule has 1 amide bonds. The molecule has 7 heteroatoms. The highest BCUT2D eigenvalue weighted by molar-refractivity contribution is 5.76. The molecule has 0 radical (unpaired) electrons. The fourth-order valence-electron chi connectivity index (χ4n) is 3.97. The molecule has 1 aliphatic rings. The van der Waals surface area contributed by atoms with Gasteiger partial charge in [-0.2, -0.15) is 4.98 Å². The lowest BCUT2D eigenvalue weighted by Crippen LogP contribution is -2.32. The van der Waals surface area contributed by atoms with Gasteiger partial charge in [-0.05, 0) is 67.9 Å². The Hall–Kier alpha value is -3.22. The second kappa shape index (κ2) is 10.4. The van der Waals surface area contributed by atoms with Crippen LogP contribution in [0.4, 0.5) is 0 Å². The Morgan fingerprint density at radius 1 is 1.19 bits per heavy atom. The lowest BCUT2D eigenvalue weighted by molar-refractivity contribution is -0.122. The lowest BCUT2D eigenvalue weighted by atomic mass is 10.0. The van der Waals surface area contributed by atoms with Gasteiger partial charge in [-0.3, -0.25) is 9.78 Å². The Balaban J connectivity index is 1.34. The summed E-state index contributed by atoms with van der Waals surface area (Å²) >= 11 is 0. The van der Waals surface area contributed by atoms with Crippen LogP contribution in [0.25, 0.3) is 11.4 Å². The minimum Gasteiger partial charge on any atom is -0.490 e. The summed E-state index contributed by atoms with van der Waals surface area (Å²) in [6, 6.07) is 11.4. The minimum absolute atomic E-state index is 0.0468. The van der Waals surface area contributed by atoms with E-state index in [-0.39, 0.29) is 17.9 Å². The van der Waals surface area contributed by atoms with E-state index in [4.69, 9.17) is 9.26 Å². The number of rotatable bonds is 9. The number of aromatic nitrogens is 3. The largest absolute Gasteiger partial charge is 0.490 e. The predicted molar refractivity (Wildman–Crippen MR) is 121 cm³/mol. The molecule has 1 unspecified atom stereocenters. The highest BCUT2D eigenvalue weighted by Crippen LogP contribution is 2.26. The predicted octanol–water partition coefficient (Wildman–Crippen LogP) is 4.90. The Labute approximate surface area is 188 Å². The molecule has 4 rings (SSSR count). The fraction of sp³-hybridized carbons (Fsp3) is 0.440. The van der Waals surface area contributed by atoms with Gasteiger partial charge in [-0.1, -0.05) is 31.1 Å². The van der Waals surface area contributed by atoms with Crippen molar-refractivity contribution in [2.24, 2.45) is 5.92 Å². The van der Waals surface area contributed by atoms with Gasteiger partial charge in [0.25, 0.3) is 0 Å². The molecule has 0 spiro atoms. The summed E-state index contributed by atoms with van der Waals surface area (Å²) in [4.78, 5) is 21.2. The zero-order chi connectivity index (χ0) is 22.3. The van der Waals surface area contributed by atoms with Gasteiger partial charge in [0.2, 0.25) is 17.6 Å². The maximum atomic E-state index is 12.7. The zero-order valence-corrected chi connectivity index (χ0v) is 18.7. The average molecular weight is 435 g/mol. The van der Waals surface area contributed by atoms with Crippen molar-refractivity contribution in [2.75, 3.05) is 0 Å². The third-order valence-electron chi connectivity index (χ3n) is 5.77. The van der Waals surface area contributed by atoms with Crippen molar-refractivity contribution in [1.29, 1.82) is 0 Å². The topological polar surface area (TPSA) is 90.1 Å². The van der Waals surface area contributed by atoms with Crippen LogP contribution < -0.4 is 10.1 Å². The van der Waals surface area contributed by atoms with Gasteiger partial charge in [-0.25, -0.2) is 0 Å². The number of carbonyl (C=O) groups is 1. The van der Waals surface area contributed by atoms with E-state index in [9.17, 15) is 4.79 Å². The summed E-state index contributed by atoms with van der Waals surface area (Å²) < 4.78 is 11.6. The Kier molecular flexibility index (Phi) is 7.14. The summed E-state index contributed by atoms with van der Waals surface area (Å²) in [6.07, 6.45) is 9.45. The molecule has 1 atom stereocenters. The van der Waals surface area contributed by atoms with Gasteiger partial charge in [0.15, 0.2) is 0 Å². The lowest BCUT2D eigenvalue weighted by Gasteiger charge is -2.18. The number of hydrogen-bond acceptors (Lipinski definition) is 6. The van der Waals surface area contributed by atoms with Crippen molar-refractivity contribution >= 4 is 5.91 Å². The highest BCUT2D eigenvalue weighted by Gasteiger charge is 2.25. The number of benzene rings is 1. The van der Waals surface area contributed by atoms with E-state index in [1.807, 2.05) is 50.2 Å². The molecule has 1 aliphatic carbocycles. The molecule has 32 heavy (non-hydrogen) atoms. The molecule has 3 aromatic rings. The Morgan fingerprint density at radius 3 is 2.72 bits per heavy atom. The average Bonchev–Trinajstić information content (AvgIpc) is 3.49. The number of nitrogens with zero attached hydrogens (tertiary/aromatic N) is 3. The number of ether oxygens (including phenoxy) is 1. The number of hydrogen-bond donors (Lipinski definition) is 1. The molecule has 1 N–H and O–H groups in total. The molecule has 1 saturated carbocycles. The van der Waals surface area contributed by atoms with Crippen LogP contribution in [0.5, 0.6) is 5.75 Å². The summed E-state index contributed by atoms with van der Waals surface area (Å²) in [7, 11) is 0. The fourth-order valence-corrected chi connectivity index (χ4v) is 3.97. The molecule has 1 aromatic carbocycles. The third-order valence-corrected chi connectivity index (χ3v) is 5.77. The van der Waals surface area contributed by atoms with Gasteiger partial charge in [-0.15, -0.1) is 0 Å². The van der Waals surface area contributed by atoms with Crippen LogP contribution in [0.2, 0.25) is 0 Å². The Bertz CT molecular complexity index is 1010. The molecular weight excluding hydrogens is 404 g/mol. The molecule has 1 fully saturated rings. The van der Waals surface area contributed by atoms with Gasteiger partial charge < -0.3 is 14.6 Å². The van der Waals surface area contributed by atoms with Crippen LogP contribution in [-0.2, 0) is 11.2 Å². The first-order chi connectivity index (χ1) is 15.6. The van der Waals surface area contributed by atoms with E-state index in [0.29, 0.717) is 30.7 Å². The van der Waals surface area contributed by atoms with Gasteiger partial charge >= 0.3 is 0 Å². The highest BCUT2D eigenvalue weighted by atomic mass is 16.5. The quantitative estimate of drug-likeness (QED) is 0.515. The monoisotopic (exact) mass is 434 g/mol. The van der Waals surface area contributed by atoms with E-state index < -0.39 is 0 Å². The third kappa shape index (κ3) is 5.72. The van der Waals surface area contributed by atoms with E-state index in [1.54, 1.807) is 12.4 Å².